The molecule has 86 valence electrons. The molecule has 0 aliphatic heterocycles. The van der Waals surface area contributed by atoms with Crippen molar-refractivity contribution in [3.63, 3.8) is 0 Å². The Hall–Kier alpha value is -1.01. The van der Waals surface area contributed by atoms with Gasteiger partial charge in [-0.15, -0.1) is 0 Å². The second kappa shape index (κ2) is 3.78. The number of aromatic nitrogens is 1. The van der Waals surface area contributed by atoms with Crippen LogP contribution in [0.5, 0.6) is 0 Å². The summed E-state index contributed by atoms with van der Waals surface area (Å²) in [6, 6.07) is 4.26. The van der Waals surface area contributed by atoms with Gasteiger partial charge >= 0.3 is 6.18 Å². The van der Waals surface area contributed by atoms with Crippen LogP contribution in [0.15, 0.2) is 22.7 Å². The van der Waals surface area contributed by atoms with E-state index in [1.807, 2.05) is 0 Å². The van der Waals surface area contributed by atoms with Crippen LogP contribution in [-0.4, -0.2) is 4.98 Å². The molecule has 1 heterocycles. The molecular formula is C10H9BrF3N2+. The van der Waals surface area contributed by atoms with E-state index in [1.54, 1.807) is 6.07 Å². The molecule has 4 N–H and O–H groups in total. The summed E-state index contributed by atoms with van der Waals surface area (Å²) in [7, 11) is 0. The van der Waals surface area contributed by atoms with Crippen LogP contribution in [0.4, 0.5) is 13.2 Å². The Morgan fingerprint density at radius 3 is 2.50 bits per heavy atom. The average molecular weight is 294 g/mol. The highest BCUT2D eigenvalue weighted by Crippen LogP contribution is 2.37. The Morgan fingerprint density at radius 2 is 1.94 bits per heavy atom. The number of hydrogen-bond donors (Lipinski definition) is 2. The van der Waals surface area contributed by atoms with Gasteiger partial charge in [0.15, 0.2) is 0 Å². The van der Waals surface area contributed by atoms with E-state index >= 15 is 0 Å². The van der Waals surface area contributed by atoms with Crippen molar-refractivity contribution in [1.29, 1.82) is 0 Å². The Balaban J connectivity index is 2.66. The molecule has 2 nitrogen and oxygen atoms in total. The molecule has 2 aromatic rings. The molecule has 0 radical (unpaired) electrons. The fourth-order valence-electron chi connectivity index (χ4n) is 1.57. The lowest BCUT2D eigenvalue weighted by atomic mass is 10.1. The number of fused-ring (bicyclic) bond motifs is 1. The van der Waals surface area contributed by atoms with Crippen molar-refractivity contribution in [3.05, 3.63) is 33.9 Å². The summed E-state index contributed by atoms with van der Waals surface area (Å²) in [6.07, 6.45) is -4.34. The van der Waals surface area contributed by atoms with E-state index in [1.165, 1.54) is 6.07 Å². The predicted molar refractivity (Wildman–Crippen MR) is 57.6 cm³/mol. The minimum atomic E-state index is -4.34. The van der Waals surface area contributed by atoms with Gasteiger partial charge in [0.25, 0.3) is 0 Å². The summed E-state index contributed by atoms with van der Waals surface area (Å²) < 4.78 is 37.9. The molecule has 0 saturated heterocycles. The van der Waals surface area contributed by atoms with Crippen LogP contribution in [0, 0.1) is 0 Å². The van der Waals surface area contributed by atoms with E-state index in [-0.39, 0.29) is 4.47 Å². The zero-order chi connectivity index (χ0) is 11.9. The van der Waals surface area contributed by atoms with Crippen molar-refractivity contribution in [2.75, 3.05) is 0 Å². The molecule has 16 heavy (non-hydrogen) atoms. The molecule has 0 aliphatic rings. The lowest BCUT2D eigenvalue weighted by molar-refractivity contribution is -0.387. The molecule has 0 atom stereocenters. The molecular weight excluding hydrogens is 285 g/mol. The number of aromatic amines is 1. The van der Waals surface area contributed by atoms with Crippen molar-refractivity contribution < 1.29 is 18.9 Å². The van der Waals surface area contributed by atoms with E-state index in [9.17, 15) is 13.2 Å². The summed E-state index contributed by atoms with van der Waals surface area (Å²) >= 11 is 2.93. The highest BCUT2D eigenvalue weighted by atomic mass is 79.9. The molecule has 2 rings (SSSR count). The van der Waals surface area contributed by atoms with E-state index < -0.39 is 11.7 Å². The second-order valence-corrected chi connectivity index (χ2v) is 4.32. The Bertz CT molecular complexity index is 531. The van der Waals surface area contributed by atoms with E-state index in [0.29, 0.717) is 17.4 Å². The molecule has 0 amide bonds. The smallest absolute Gasteiger partial charge is 0.354 e. The summed E-state index contributed by atoms with van der Waals surface area (Å²) in [5.41, 5.74) is 4.52. The first-order valence-electron chi connectivity index (χ1n) is 4.59. The number of H-pyrrole nitrogens is 1. The van der Waals surface area contributed by atoms with Gasteiger partial charge in [0.1, 0.15) is 6.54 Å². The first-order valence-corrected chi connectivity index (χ1v) is 5.38. The van der Waals surface area contributed by atoms with Crippen LogP contribution in [-0.2, 0) is 12.7 Å². The Morgan fingerprint density at radius 1 is 1.25 bits per heavy atom. The van der Waals surface area contributed by atoms with Crippen molar-refractivity contribution >= 4 is 26.8 Å². The molecule has 0 aliphatic carbocycles. The van der Waals surface area contributed by atoms with Gasteiger partial charge in [-0.1, -0.05) is 15.9 Å². The minimum Gasteiger partial charge on any atom is -0.354 e. The normalized spacial score (nSPS) is 12.3. The van der Waals surface area contributed by atoms with Crippen LogP contribution in [0.1, 0.15) is 11.3 Å². The van der Waals surface area contributed by atoms with Crippen molar-refractivity contribution in [2.45, 2.75) is 12.7 Å². The van der Waals surface area contributed by atoms with E-state index in [0.717, 1.165) is 11.8 Å². The zero-order valence-electron chi connectivity index (χ0n) is 8.16. The number of benzene rings is 1. The van der Waals surface area contributed by atoms with Gasteiger partial charge in [0.2, 0.25) is 0 Å². The monoisotopic (exact) mass is 293 g/mol. The maximum Gasteiger partial charge on any atom is 0.417 e. The SMILES string of the molecule is [NH3+]Cc1cc2cc(C(F)(F)F)c(Br)cc2[nH]1. The maximum absolute atomic E-state index is 12.6. The standard InChI is InChI=1S/C10H8BrF3N2/c11-8-3-9-5(1-6(4-15)16-9)2-7(8)10(12,13)14/h1-3,16H,4,15H2/p+1. The average Bonchev–Trinajstić information content (AvgIpc) is 2.56. The van der Waals surface area contributed by atoms with Crippen LogP contribution >= 0.6 is 15.9 Å². The third-order valence-electron chi connectivity index (χ3n) is 2.34. The molecule has 0 fully saturated rings. The molecule has 6 heteroatoms. The van der Waals surface area contributed by atoms with Gasteiger partial charge in [-0.2, -0.15) is 13.2 Å². The van der Waals surface area contributed by atoms with Gasteiger partial charge in [-0.05, 0) is 18.2 Å². The topological polar surface area (TPSA) is 43.4 Å². The Kier molecular flexibility index (Phi) is 2.71. The molecule has 1 aromatic heterocycles. The van der Waals surface area contributed by atoms with Crippen molar-refractivity contribution in [2.24, 2.45) is 0 Å². The predicted octanol–water partition coefficient (Wildman–Crippen LogP) is 2.69. The van der Waals surface area contributed by atoms with Crippen LogP contribution in [0.2, 0.25) is 0 Å². The third kappa shape index (κ3) is 1.94. The first-order chi connectivity index (χ1) is 7.41. The van der Waals surface area contributed by atoms with Gasteiger partial charge in [0.05, 0.1) is 11.3 Å². The summed E-state index contributed by atoms with van der Waals surface area (Å²) in [5.74, 6) is 0. The molecule has 0 unspecified atom stereocenters. The van der Waals surface area contributed by atoms with E-state index in [2.05, 4.69) is 26.6 Å². The summed E-state index contributed by atoms with van der Waals surface area (Å²) in [4.78, 5) is 3.00. The Labute approximate surface area is 97.8 Å². The van der Waals surface area contributed by atoms with Crippen molar-refractivity contribution in [1.82, 2.24) is 4.98 Å². The quantitative estimate of drug-likeness (QED) is 0.812. The minimum absolute atomic E-state index is 0.0463. The van der Waals surface area contributed by atoms with Gasteiger partial charge in [0, 0.05) is 15.4 Å². The zero-order valence-corrected chi connectivity index (χ0v) is 9.74. The molecule has 0 spiro atoms. The van der Waals surface area contributed by atoms with Crippen LogP contribution < -0.4 is 5.73 Å². The lowest BCUT2D eigenvalue weighted by Crippen LogP contribution is -2.47. The number of hydrogen-bond acceptors (Lipinski definition) is 0. The summed E-state index contributed by atoms with van der Waals surface area (Å²) in [5, 5.41) is 0.550. The maximum atomic E-state index is 12.6. The first kappa shape index (κ1) is 11.5. The number of quaternary nitrogens is 1. The van der Waals surface area contributed by atoms with Gasteiger partial charge in [-0.3, -0.25) is 0 Å². The van der Waals surface area contributed by atoms with Gasteiger partial charge < -0.3 is 10.7 Å². The van der Waals surface area contributed by atoms with Crippen LogP contribution in [0.3, 0.4) is 0 Å². The number of alkyl halides is 3. The number of rotatable bonds is 1. The number of halogens is 4. The highest BCUT2D eigenvalue weighted by Gasteiger charge is 2.33. The molecule has 0 bridgehead atoms. The molecule has 1 aromatic carbocycles. The second-order valence-electron chi connectivity index (χ2n) is 3.46. The fourth-order valence-corrected chi connectivity index (χ4v) is 2.13. The summed E-state index contributed by atoms with van der Waals surface area (Å²) in [6.45, 7) is 0.521. The number of nitrogens with one attached hydrogen (secondary N) is 1. The fraction of sp³-hybridized carbons (Fsp3) is 0.200. The van der Waals surface area contributed by atoms with E-state index in [4.69, 9.17) is 0 Å². The third-order valence-corrected chi connectivity index (χ3v) is 2.99. The largest absolute Gasteiger partial charge is 0.417 e. The lowest BCUT2D eigenvalue weighted by Gasteiger charge is -2.08. The van der Waals surface area contributed by atoms with Gasteiger partial charge in [-0.25, -0.2) is 0 Å². The van der Waals surface area contributed by atoms with Crippen LogP contribution in [0.25, 0.3) is 10.9 Å². The highest BCUT2D eigenvalue weighted by molar-refractivity contribution is 9.10. The molecule has 0 saturated carbocycles. The van der Waals surface area contributed by atoms with Crippen molar-refractivity contribution in [3.8, 4) is 0 Å².